The number of aliphatic hydroxyl groups is 1. The number of β-amino-alcohol motifs (C(OH)–C–C–N with tert-alkyl or cyclic N) is 1. The first-order chi connectivity index (χ1) is 7.22. The second-order valence-corrected chi connectivity index (χ2v) is 4.17. The van der Waals surface area contributed by atoms with Crippen molar-refractivity contribution in [3.8, 4) is 6.07 Å². The molecule has 2 heterocycles. The number of nitrogens with one attached hydrogen (secondary N) is 1. The lowest BCUT2D eigenvalue weighted by molar-refractivity contribution is -0.133. The fourth-order valence-corrected chi connectivity index (χ4v) is 2.27. The molecule has 2 aliphatic heterocycles. The molecular weight excluding hydrogens is 230 g/mol. The molecule has 0 aromatic rings. The molecule has 6 heteroatoms. The molecule has 0 aromatic carbocycles. The predicted molar refractivity (Wildman–Crippen MR) is 60.0 cm³/mol. The zero-order valence-corrected chi connectivity index (χ0v) is 9.74. The summed E-state index contributed by atoms with van der Waals surface area (Å²) in [4.78, 5) is 13.6. The lowest BCUT2D eigenvalue weighted by atomic mass is 10.1. The summed E-state index contributed by atoms with van der Waals surface area (Å²) in [5.74, 6) is -0.0319. The summed E-state index contributed by atoms with van der Waals surface area (Å²) < 4.78 is 0. The Labute approximate surface area is 101 Å². The minimum absolute atomic E-state index is 0. The Bertz CT molecular complexity index is 305. The van der Waals surface area contributed by atoms with E-state index in [0.717, 1.165) is 12.8 Å². The van der Waals surface area contributed by atoms with Crippen LogP contribution >= 0.6 is 12.4 Å². The van der Waals surface area contributed by atoms with Crippen LogP contribution in [0.15, 0.2) is 0 Å². The normalized spacial score (nSPS) is 33.2. The van der Waals surface area contributed by atoms with Crippen molar-refractivity contribution >= 4 is 18.3 Å². The molecule has 2 N–H and O–H groups in total. The number of likely N-dealkylation sites (tertiary alicyclic amines) is 1. The fourth-order valence-electron chi connectivity index (χ4n) is 2.27. The number of hydrogen-bond acceptors (Lipinski definition) is 4. The molecule has 0 unspecified atom stereocenters. The highest BCUT2D eigenvalue weighted by atomic mass is 35.5. The zero-order chi connectivity index (χ0) is 10.8. The van der Waals surface area contributed by atoms with E-state index in [4.69, 9.17) is 5.26 Å². The van der Waals surface area contributed by atoms with Gasteiger partial charge in [0.05, 0.1) is 18.2 Å². The SMILES string of the molecule is Cl.N#C[C@@H]1CCCN1C(=O)[C@@H]1C[C@@H](O)CN1. The third-order valence-electron chi connectivity index (χ3n) is 3.09. The van der Waals surface area contributed by atoms with E-state index >= 15 is 0 Å². The summed E-state index contributed by atoms with van der Waals surface area (Å²) in [6.07, 6.45) is 1.71. The molecule has 0 spiro atoms. The third-order valence-corrected chi connectivity index (χ3v) is 3.09. The number of nitriles is 1. The van der Waals surface area contributed by atoms with E-state index in [0.29, 0.717) is 19.5 Å². The monoisotopic (exact) mass is 245 g/mol. The molecule has 0 bridgehead atoms. The number of amides is 1. The molecule has 0 radical (unpaired) electrons. The summed E-state index contributed by atoms with van der Waals surface area (Å²) in [7, 11) is 0. The van der Waals surface area contributed by atoms with E-state index in [1.165, 1.54) is 0 Å². The fraction of sp³-hybridized carbons (Fsp3) is 0.800. The Balaban J connectivity index is 0.00000128. The molecular formula is C10H16ClN3O2. The first-order valence-corrected chi connectivity index (χ1v) is 5.34. The smallest absolute Gasteiger partial charge is 0.240 e. The number of aliphatic hydroxyl groups excluding tert-OH is 1. The van der Waals surface area contributed by atoms with E-state index in [2.05, 4.69) is 11.4 Å². The molecule has 2 rings (SSSR count). The minimum atomic E-state index is -0.429. The largest absolute Gasteiger partial charge is 0.392 e. The highest BCUT2D eigenvalue weighted by Crippen LogP contribution is 2.19. The van der Waals surface area contributed by atoms with Crippen LogP contribution in [0.5, 0.6) is 0 Å². The van der Waals surface area contributed by atoms with Crippen molar-refractivity contribution in [3.05, 3.63) is 0 Å². The van der Waals surface area contributed by atoms with Crippen LogP contribution in [0.4, 0.5) is 0 Å². The van der Waals surface area contributed by atoms with Crippen LogP contribution in [0.2, 0.25) is 0 Å². The van der Waals surface area contributed by atoms with E-state index in [-0.39, 0.29) is 30.4 Å². The van der Waals surface area contributed by atoms with Gasteiger partial charge in [-0.25, -0.2) is 0 Å². The van der Waals surface area contributed by atoms with E-state index in [9.17, 15) is 9.90 Å². The zero-order valence-electron chi connectivity index (χ0n) is 8.93. The second-order valence-electron chi connectivity index (χ2n) is 4.17. The van der Waals surface area contributed by atoms with Crippen molar-refractivity contribution in [1.82, 2.24) is 10.2 Å². The molecule has 0 aliphatic carbocycles. The number of halogens is 1. The summed E-state index contributed by atoms with van der Waals surface area (Å²) in [5.41, 5.74) is 0. The maximum Gasteiger partial charge on any atom is 0.240 e. The lowest BCUT2D eigenvalue weighted by Crippen LogP contribution is -2.45. The van der Waals surface area contributed by atoms with Crippen LogP contribution in [0.25, 0.3) is 0 Å². The summed E-state index contributed by atoms with van der Waals surface area (Å²) in [5, 5.41) is 21.2. The van der Waals surface area contributed by atoms with Crippen LogP contribution in [0.3, 0.4) is 0 Å². The van der Waals surface area contributed by atoms with Gasteiger partial charge in [-0.1, -0.05) is 0 Å². The topological polar surface area (TPSA) is 76.4 Å². The Morgan fingerprint density at radius 1 is 1.56 bits per heavy atom. The number of rotatable bonds is 1. The van der Waals surface area contributed by atoms with Crippen molar-refractivity contribution < 1.29 is 9.90 Å². The molecule has 3 atom stereocenters. The number of carbonyl (C=O) groups excluding carboxylic acids is 1. The molecule has 0 saturated carbocycles. The van der Waals surface area contributed by atoms with Crippen molar-refractivity contribution in [2.24, 2.45) is 0 Å². The Kier molecular flexibility index (Phi) is 4.54. The Morgan fingerprint density at radius 2 is 2.31 bits per heavy atom. The van der Waals surface area contributed by atoms with Gasteiger partial charge in [0.2, 0.25) is 5.91 Å². The van der Waals surface area contributed by atoms with E-state index < -0.39 is 6.10 Å². The average Bonchev–Trinajstić information content (AvgIpc) is 2.84. The molecule has 16 heavy (non-hydrogen) atoms. The molecule has 2 aliphatic rings. The van der Waals surface area contributed by atoms with Crippen LogP contribution < -0.4 is 5.32 Å². The highest BCUT2D eigenvalue weighted by Gasteiger charge is 2.36. The first kappa shape index (κ1) is 13.2. The molecule has 1 amide bonds. The van der Waals surface area contributed by atoms with Gasteiger partial charge >= 0.3 is 0 Å². The van der Waals surface area contributed by atoms with E-state index in [1.807, 2.05) is 0 Å². The van der Waals surface area contributed by atoms with Gasteiger partial charge in [-0.15, -0.1) is 12.4 Å². The lowest BCUT2D eigenvalue weighted by Gasteiger charge is -2.23. The maximum absolute atomic E-state index is 12.0. The van der Waals surface area contributed by atoms with Gasteiger partial charge in [0, 0.05) is 13.1 Å². The second kappa shape index (κ2) is 5.48. The summed E-state index contributed by atoms with van der Waals surface area (Å²) >= 11 is 0. The number of hydrogen-bond donors (Lipinski definition) is 2. The number of nitrogens with zero attached hydrogens (tertiary/aromatic N) is 2. The third kappa shape index (κ3) is 2.46. The van der Waals surface area contributed by atoms with Gasteiger partial charge in [-0.3, -0.25) is 4.79 Å². The molecule has 2 saturated heterocycles. The van der Waals surface area contributed by atoms with Crippen molar-refractivity contribution in [2.45, 2.75) is 37.5 Å². The van der Waals surface area contributed by atoms with Crippen LogP contribution in [0, 0.1) is 11.3 Å². The molecule has 90 valence electrons. The minimum Gasteiger partial charge on any atom is -0.392 e. The molecule has 5 nitrogen and oxygen atoms in total. The van der Waals surface area contributed by atoms with Gasteiger partial charge in [0.1, 0.15) is 6.04 Å². The summed E-state index contributed by atoms with van der Waals surface area (Å²) in [6, 6.07) is 1.58. The van der Waals surface area contributed by atoms with Crippen molar-refractivity contribution in [3.63, 3.8) is 0 Å². The van der Waals surface area contributed by atoms with Gasteiger partial charge in [0.15, 0.2) is 0 Å². The van der Waals surface area contributed by atoms with Gasteiger partial charge in [0.25, 0.3) is 0 Å². The van der Waals surface area contributed by atoms with Crippen LogP contribution in [-0.4, -0.2) is 47.2 Å². The average molecular weight is 246 g/mol. The standard InChI is InChI=1S/C10H15N3O2.ClH/c11-5-7-2-1-3-13(7)10(15)9-4-8(14)6-12-9;/h7-9,12,14H,1-4,6H2;1H/t7-,8+,9-;/m0./s1. The maximum atomic E-state index is 12.0. The van der Waals surface area contributed by atoms with Crippen molar-refractivity contribution in [2.75, 3.05) is 13.1 Å². The van der Waals surface area contributed by atoms with E-state index in [1.54, 1.807) is 4.90 Å². The van der Waals surface area contributed by atoms with Gasteiger partial charge in [-0.05, 0) is 19.3 Å². The van der Waals surface area contributed by atoms with Crippen molar-refractivity contribution in [1.29, 1.82) is 5.26 Å². The Hall–Kier alpha value is -0.830. The molecule has 2 fully saturated rings. The first-order valence-electron chi connectivity index (χ1n) is 5.34. The van der Waals surface area contributed by atoms with Gasteiger partial charge in [-0.2, -0.15) is 5.26 Å². The summed E-state index contributed by atoms with van der Waals surface area (Å²) in [6.45, 7) is 1.15. The molecule has 0 aromatic heterocycles. The highest BCUT2D eigenvalue weighted by molar-refractivity contribution is 5.85. The number of carbonyl (C=O) groups is 1. The van der Waals surface area contributed by atoms with Crippen LogP contribution in [-0.2, 0) is 4.79 Å². The quantitative estimate of drug-likeness (QED) is 0.662. The van der Waals surface area contributed by atoms with Gasteiger partial charge < -0.3 is 15.3 Å². The predicted octanol–water partition coefficient (Wildman–Crippen LogP) is -0.354. The Morgan fingerprint density at radius 3 is 2.88 bits per heavy atom. The van der Waals surface area contributed by atoms with Crippen LogP contribution in [0.1, 0.15) is 19.3 Å².